The Morgan fingerprint density at radius 2 is 2.08 bits per heavy atom. The molecule has 1 atom stereocenters. The monoisotopic (exact) mass is 362 g/mol. The standard InChI is InChI=1S/C19H34N6O/c1-4-19(9-5-6-10-19)14-22-18(20-12-16-8-7-11-26-16)21-13-17-24-23-15(2)25(17)3/h16H,4-14H2,1-3H3,(H2,20,21,22). The Morgan fingerprint density at radius 3 is 2.69 bits per heavy atom. The van der Waals surface area contributed by atoms with Crippen molar-refractivity contribution in [2.24, 2.45) is 17.5 Å². The summed E-state index contributed by atoms with van der Waals surface area (Å²) in [4.78, 5) is 4.77. The van der Waals surface area contributed by atoms with E-state index in [0.29, 0.717) is 18.1 Å². The second kappa shape index (κ2) is 8.84. The first-order valence-electron chi connectivity index (χ1n) is 10.1. The second-order valence-corrected chi connectivity index (χ2v) is 7.82. The third-order valence-corrected chi connectivity index (χ3v) is 6.13. The first-order chi connectivity index (χ1) is 12.6. The van der Waals surface area contributed by atoms with E-state index < -0.39 is 0 Å². The van der Waals surface area contributed by atoms with Crippen LogP contribution in [0.3, 0.4) is 0 Å². The van der Waals surface area contributed by atoms with Crippen molar-refractivity contribution in [1.82, 2.24) is 25.4 Å². The molecule has 1 aromatic heterocycles. The number of nitrogens with one attached hydrogen (secondary N) is 2. The number of hydrogen-bond acceptors (Lipinski definition) is 4. The van der Waals surface area contributed by atoms with Gasteiger partial charge in [-0.15, -0.1) is 10.2 Å². The van der Waals surface area contributed by atoms with Crippen LogP contribution in [-0.2, 0) is 18.3 Å². The predicted octanol–water partition coefficient (Wildman–Crippen LogP) is 2.31. The molecule has 0 aromatic carbocycles. The summed E-state index contributed by atoms with van der Waals surface area (Å²) in [5.41, 5.74) is 0.424. The molecule has 0 amide bonds. The Balaban J connectivity index is 1.61. The average Bonchev–Trinajstić information content (AvgIpc) is 3.39. The van der Waals surface area contributed by atoms with Crippen molar-refractivity contribution in [1.29, 1.82) is 0 Å². The fourth-order valence-electron chi connectivity index (χ4n) is 3.98. The molecule has 26 heavy (non-hydrogen) atoms. The summed E-state index contributed by atoms with van der Waals surface area (Å²) >= 11 is 0. The van der Waals surface area contributed by atoms with Gasteiger partial charge in [0.2, 0.25) is 0 Å². The third-order valence-electron chi connectivity index (χ3n) is 6.13. The van der Waals surface area contributed by atoms with Gasteiger partial charge in [-0.05, 0) is 44.4 Å². The highest BCUT2D eigenvalue weighted by molar-refractivity contribution is 5.79. The number of nitrogens with zero attached hydrogens (tertiary/aromatic N) is 4. The lowest BCUT2D eigenvalue weighted by Crippen LogP contribution is -2.45. The number of rotatable bonds is 7. The molecule has 2 N–H and O–H groups in total. The Hall–Kier alpha value is -1.63. The highest BCUT2D eigenvalue weighted by Gasteiger charge is 2.32. The van der Waals surface area contributed by atoms with Gasteiger partial charge in [0.05, 0.1) is 6.10 Å². The molecule has 2 fully saturated rings. The minimum Gasteiger partial charge on any atom is -0.376 e. The van der Waals surface area contributed by atoms with Gasteiger partial charge in [-0.3, -0.25) is 0 Å². The summed E-state index contributed by atoms with van der Waals surface area (Å²) in [6, 6.07) is 0. The summed E-state index contributed by atoms with van der Waals surface area (Å²) in [5, 5.41) is 15.4. The van der Waals surface area contributed by atoms with Gasteiger partial charge in [-0.25, -0.2) is 4.99 Å². The molecule has 0 spiro atoms. The van der Waals surface area contributed by atoms with Crippen LogP contribution < -0.4 is 10.6 Å². The summed E-state index contributed by atoms with van der Waals surface area (Å²) < 4.78 is 7.73. The van der Waals surface area contributed by atoms with E-state index in [0.717, 1.165) is 50.1 Å². The van der Waals surface area contributed by atoms with Crippen LogP contribution in [0.1, 0.15) is 63.5 Å². The zero-order valence-electron chi connectivity index (χ0n) is 16.6. The van der Waals surface area contributed by atoms with Crippen LogP contribution in [0.15, 0.2) is 4.99 Å². The van der Waals surface area contributed by atoms with Crippen LogP contribution in [0.4, 0.5) is 0 Å². The lowest BCUT2D eigenvalue weighted by Gasteiger charge is -2.29. The summed E-state index contributed by atoms with van der Waals surface area (Å²) in [7, 11) is 1.98. The lowest BCUT2D eigenvalue weighted by molar-refractivity contribution is 0.113. The van der Waals surface area contributed by atoms with Gasteiger partial charge >= 0.3 is 0 Å². The number of aromatic nitrogens is 3. The number of aliphatic imine (C=N–C) groups is 1. The SMILES string of the molecule is CCC1(CNC(=NCc2nnc(C)n2C)NCC2CCCO2)CCCC1. The number of ether oxygens (including phenoxy) is 1. The van der Waals surface area contributed by atoms with Crippen molar-refractivity contribution >= 4 is 5.96 Å². The van der Waals surface area contributed by atoms with E-state index in [1.807, 2.05) is 18.5 Å². The van der Waals surface area contributed by atoms with Crippen LogP contribution in [0.2, 0.25) is 0 Å². The molecule has 7 heteroatoms. The molecule has 1 saturated carbocycles. The van der Waals surface area contributed by atoms with E-state index in [1.54, 1.807) is 0 Å². The van der Waals surface area contributed by atoms with Crippen molar-refractivity contribution in [3.8, 4) is 0 Å². The molecule has 1 unspecified atom stereocenters. The van der Waals surface area contributed by atoms with Gasteiger partial charge in [0.15, 0.2) is 11.8 Å². The van der Waals surface area contributed by atoms with Gasteiger partial charge in [-0.1, -0.05) is 19.8 Å². The minimum atomic E-state index is 0.297. The van der Waals surface area contributed by atoms with Crippen molar-refractivity contribution in [2.75, 3.05) is 19.7 Å². The third kappa shape index (κ3) is 4.75. The van der Waals surface area contributed by atoms with E-state index >= 15 is 0 Å². The zero-order valence-corrected chi connectivity index (χ0v) is 16.6. The molecule has 2 heterocycles. The molecule has 1 aliphatic heterocycles. The Bertz CT molecular complexity index is 599. The molecular formula is C19H34N6O. The van der Waals surface area contributed by atoms with Gasteiger partial charge < -0.3 is 19.9 Å². The molecule has 0 radical (unpaired) electrons. The first kappa shape index (κ1) is 19.1. The number of aryl methyl sites for hydroxylation is 1. The van der Waals surface area contributed by atoms with Crippen molar-refractivity contribution in [2.45, 2.75) is 71.4 Å². The molecule has 7 nitrogen and oxygen atoms in total. The second-order valence-electron chi connectivity index (χ2n) is 7.82. The summed E-state index contributed by atoms with van der Waals surface area (Å²) in [6.45, 7) is 7.47. The molecule has 2 aliphatic rings. The Kier molecular flexibility index (Phi) is 6.51. The minimum absolute atomic E-state index is 0.297. The van der Waals surface area contributed by atoms with E-state index in [-0.39, 0.29) is 0 Å². The van der Waals surface area contributed by atoms with Gasteiger partial charge in [0.1, 0.15) is 12.4 Å². The predicted molar refractivity (Wildman–Crippen MR) is 103 cm³/mol. The van der Waals surface area contributed by atoms with Crippen molar-refractivity contribution in [3.05, 3.63) is 11.6 Å². The molecule has 3 rings (SSSR count). The fourth-order valence-corrected chi connectivity index (χ4v) is 3.98. The lowest BCUT2D eigenvalue weighted by atomic mass is 9.83. The highest BCUT2D eigenvalue weighted by Crippen LogP contribution is 2.40. The summed E-state index contributed by atoms with van der Waals surface area (Å²) in [5.74, 6) is 2.65. The average molecular weight is 363 g/mol. The van der Waals surface area contributed by atoms with Crippen LogP contribution in [0.5, 0.6) is 0 Å². The topological polar surface area (TPSA) is 76.4 Å². The number of guanidine groups is 1. The van der Waals surface area contributed by atoms with Gasteiger partial charge in [-0.2, -0.15) is 0 Å². The van der Waals surface area contributed by atoms with E-state index in [1.165, 1.54) is 32.1 Å². The quantitative estimate of drug-likeness (QED) is 0.575. The molecule has 1 aliphatic carbocycles. The van der Waals surface area contributed by atoms with Crippen LogP contribution in [-0.4, -0.2) is 46.5 Å². The van der Waals surface area contributed by atoms with Crippen LogP contribution in [0, 0.1) is 12.3 Å². The molecule has 1 aromatic rings. The van der Waals surface area contributed by atoms with E-state index in [9.17, 15) is 0 Å². The zero-order chi connectivity index (χ0) is 18.4. The Morgan fingerprint density at radius 1 is 1.27 bits per heavy atom. The maximum absolute atomic E-state index is 5.74. The Labute approximate surface area is 157 Å². The van der Waals surface area contributed by atoms with Gasteiger partial charge in [0.25, 0.3) is 0 Å². The molecular weight excluding hydrogens is 328 g/mol. The van der Waals surface area contributed by atoms with Crippen LogP contribution >= 0.6 is 0 Å². The van der Waals surface area contributed by atoms with Crippen molar-refractivity contribution in [3.63, 3.8) is 0 Å². The van der Waals surface area contributed by atoms with Crippen molar-refractivity contribution < 1.29 is 4.74 Å². The summed E-state index contributed by atoms with van der Waals surface area (Å²) in [6.07, 6.45) is 9.14. The van der Waals surface area contributed by atoms with E-state index in [2.05, 4.69) is 27.8 Å². The van der Waals surface area contributed by atoms with Crippen LogP contribution in [0.25, 0.3) is 0 Å². The molecule has 1 saturated heterocycles. The smallest absolute Gasteiger partial charge is 0.191 e. The number of hydrogen-bond donors (Lipinski definition) is 2. The molecule has 146 valence electrons. The molecule has 0 bridgehead atoms. The largest absolute Gasteiger partial charge is 0.376 e. The highest BCUT2D eigenvalue weighted by atomic mass is 16.5. The fraction of sp³-hybridized carbons (Fsp3) is 0.842. The van der Waals surface area contributed by atoms with E-state index in [4.69, 9.17) is 9.73 Å². The maximum atomic E-state index is 5.74. The first-order valence-corrected chi connectivity index (χ1v) is 10.1. The normalized spacial score (nSPS) is 22.7. The maximum Gasteiger partial charge on any atom is 0.191 e. The van der Waals surface area contributed by atoms with Gasteiger partial charge in [0, 0.05) is 26.7 Å².